The van der Waals surface area contributed by atoms with Crippen molar-refractivity contribution in [2.75, 3.05) is 6.54 Å². The van der Waals surface area contributed by atoms with Gasteiger partial charge in [0.1, 0.15) is 5.82 Å². The largest absolute Gasteiger partial charge is 0.387 e. The average Bonchev–Trinajstić information content (AvgIpc) is 2.77. The van der Waals surface area contributed by atoms with E-state index >= 15 is 0 Å². The third kappa shape index (κ3) is 4.12. The summed E-state index contributed by atoms with van der Waals surface area (Å²) < 4.78 is 13.0. The van der Waals surface area contributed by atoms with Gasteiger partial charge in [-0.3, -0.25) is 9.78 Å². The van der Waals surface area contributed by atoms with Crippen LogP contribution in [0.3, 0.4) is 0 Å². The van der Waals surface area contributed by atoms with Crippen molar-refractivity contribution in [2.45, 2.75) is 6.10 Å². The van der Waals surface area contributed by atoms with Crippen molar-refractivity contribution in [1.82, 2.24) is 15.3 Å². The molecule has 4 rings (SSSR count). The van der Waals surface area contributed by atoms with Crippen molar-refractivity contribution >= 4 is 16.8 Å². The summed E-state index contributed by atoms with van der Waals surface area (Å²) in [5.41, 5.74) is 3.13. The van der Waals surface area contributed by atoms with Crippen LogP contribution in [0.1, 0.15) is 22.0 Å². The van der Waals surface area contributed by atoms with E-state index in [4.69, 9.17) is 0 Å². The van der Waals surface area contributed by atoms with Crippen LogP contribution in [0.15, 0.2) is 79.1 Å². The van der Waals surface area contributed by atoms with Crippen molar-refractivity contribution in [3.63, 3.8) is 0 Å². The van der Waals surface area contributed by atoms with Crippen molar-refractivity contribution in [1.29, 1.82) is 0 Å². The predicted octanol–water partition coefficient (Wildman–Crippen LogP) is 3.90. The third-order valence-corrected chi connectivity index (χ3v) is 4.63. The van der Waals surface area contributed by atoms with Crippen LogP contribution in [0.5, 0.6) is 0 Å². The molecule has 2 aromatic carbocycles. The number of aliphatic hydroxyl groups excluding tert-OH is 1. The number of nitrogens with one attached hydrogen (secondary N) is 1. The van der Waals surface area contributed by atoms with Crippen molar-refractivity contribution in [3.05, 3.63) is 96.1 Å². The molecule has 6 heteroatoms. The number of para-hydroxylation sites is 1. The number of hydrogen-bond donors (Lipinski definition) is 2. The number of carbonyl (C=O) groups excluding carboxylic acids is 1. The Morgan fingerprint density at radius 1 is 1.07 bits per heavy atom. The maximum absolute atomic E-state index is 13.0. The highest BCUT2D eigenvalue weighted by atomic mass is 19.1. The van der Waals surface area contributed by atoms with Crippen LogP contribution in [0.2, 0.25) is 0 Å². The summed E-state index contributed by atoms with van der Waals surface area (Å²) in [7, 11) is 0. The minimum absolute atomic E-state index is 0.00331. The second kappa shape index (κ2) is 8.16. The van der Waals surface area contributed by atoms with E-state index in [1.165, 1.54) is 24.3 Å². The van der Waals surface area contributed by atoms with Gasteiger partial charge < -0.3 is 10.4 Å². The first kappa shape index (κ1) is 18.7. The molecular weight excluding hydrogens is 369 g/mol. The number of rotatable bonds is 5. The van der Waals surface area contributed by atoms with Gasteiger partial charge in [-0.05, 0) is 42.0 Å². The fourth-order valence-corrected chi connectivity index (χ4v) is 3.11. The first-order chi connectivity index (χ1) is 14.1. The van der Waals surface area contributed by atoms with Gasteiger partial charge >= 0.3 is 0 Å². The normalized spacial score (nSPS) is 11.9. The van der Waals surface area contributed by atoms with E-state index in [1.54, 1.807) is 18.5 Å². The van der Waals surface area contributed by atoms with Gasteiger partial charge in [0.05, 0.1) is 22.9 Å². The van der Waals surface area contributed by atoms with Gasteiger partial charge in [0.25, 0.3) is 5.91 Å². The van der Waals surface area contributed by atoms with Gasteiger partial charge in [0.2, 0.25) is 0 Å². The van der Waals surface area contributed by atoms with Crippen LogP contribution in [-0.4, -0.2) is 27.5 Å². The van der Waals surface area contributed by atoms with Crippen LogP contribution < -0.4 is 5.32 Å². The SMILES string of the molecule is O=C(NCC(O)c1ccc(F)cc1)c1cc(-c2cccnc2)nc2ccccc12. The summed E-state index contributed by atoms with van der Waals surface area (Å²) in [6.07, 6.45) is 2.43. The molecule has 4 aromatic rings. The number of hydrogen-bond acceptors (Lipinski definition) is 4. The van der Waals surface area contributed by atoms with E-state index in [0.29, 0.717) is 27.7 Å². The van der Waals surface area contributed by atoms with E-state index < -0.39 is 6.10 Å². The molecule has 0 radical (unpaired) electrons. The van der Waals surface area contributed by atoms with E-state index in [9.17, 15) is 14.3 Å². The molecule has 2 aromatic heterocycles. The summed E-state index contributed by atoms with van der Waals surface area (Å²) in [5.74, 6) is -0.703. The number of amides is 1. The molecule has 5 nitrogen and oxygen atoms in total. The predicted molar refractivity (Wildman–Crippen MR) is 109 cm³/mol. The zero-order valence-electron chi connectivity index (χ0n) is 15.4. The molecule has 144 valence electrons. The smallest absolute Gasteiger partial charge is 0.252 e. The maximum atomic E-state index is 13.0. The summed E-state index contributed by atoms with van der Waals surface area (Å²) in [4.78, 5) is 21.7. The first-order valence-electron chi connectivity index (χ1n) is 9.14. The van der Waals surface area contributed by atoms with Crippen LogP contribution in [0.25, 0.3) is 22.2 Å². The fraction of sp³-hybridized carbons (Fsp3) is 0.0870. The zero-order chi connectivity index (χ0) is 20.2. The molecule has 0 spiro atoms. The van der Waals surface area contributed by atoms with Crippen LogP contribution in [0.4, 0.5) is 4.39 Å². The van der Waals surface area contributed by atoms with E-state index in [-0.39, 0.29) is 18.3 Å². The summed E-state index contributed by atoms with van der Waals surface area (Å²) in [6.45, 7) is 0.00331. The Labute approximate surface area is 166 Å². The highest BCUT2D eigenvalue weighted by Crippen LogP contribution is 2.24. The van der Waals surface area contributed by atoms with Crippen LogP contribution in [-0.2, 0) is 0 Å². The number of nitrogens with zero attached hydrogens (tertiary/aromatic N) is 2. The minimum atomic E-state index is -0.939. The molecule has 0 aliphatic carbocycles. The van der Waals surface area contributed by atoms with Crippen LogP contribution in [0, 0.1) is 5.82 Å². The molecule has 2 N–H and O–H groups in total. The van der Waals surface area contributed by atoms with Crippen molar-refractivity contribution in [2.24, 2.45) is 0 Å². The standard InChI is InChI=1S/C23H18FN3O2/c24-17-9-7-15(8-10-17)22(28)14-26-23(29)19-12-21(16-4-3-11-25-13-16)27-20-6-2-1-5-18(19)20/h1-13,22,28H,14H2,(H,26,29). The molecular formula is C23H18FN3O2. The molecule has 0 aliphatic heterocycles. The van der Waals surface area contributed by atoms with Gasteiger partial charge in [0, 0.05) is 29.9 Å². The minimum Gasteiger partial charge on any atom is -0.387 e. The number of fused-ring (bicyclic) bond motifs is 1. The Balaban J connectivity index is 1.62. The summed E-state index contributed by atoms with van der Waals surface area (Å²) in [6, 6.07) is 18.3. The van der Waals surface area contributed by atoms with Crippen molar-refractivity contribution < 1.29 is 14.3 Å². The second-order valence-electron chi connectivity index (χ2n) is 6.59. The van der Waals surface area contributed by atoms with Gasteiger partial charge in [-0.2, -0.15) is 0 Å². The zero-order valence-corrected chi connectivity index (χ0v) is 15.4. The Bertz CT molecular complexity index is 1150. The molecule has 0 aliphatic rings. The molecule has 2 heterocycles. The lowest BCUT2D eigenvalue weighted by Gasteiger charge is -2.14. The Morgan fingerprint density at radius 2 is 1.86 bits per heavy atom. The maximum Gasteiger partial charge on any atom is 0.252 e. The Hall–Kier alpha value is -3.64. The number of carbonyl (C=O) groups is 1. The monoisotopic (exact) mass is 387 g/mol. The lowest BCUT2D eigenvalue weighted by molar-refractivity contribution is 0.0918. The Morgan fingerprint density at radius 3 is 2.62 bits per heavy atom. The third-order valence-electron chi connectivity index (χ3n) is 4.63. The fourth-order valence-electron chi connectivity index (χ4n) is 3.11. The van der Waals surface area contributed by atoms with E-state index in [1.807, 2.05) is 36.4 Å². The lowest BCUT2D eigenvalue weighted by Crippen LogP contribution is -2.28. The first-order valence-corrected chi connectivity index (χ1v) is 9.14. The van der Waals surface area contributed by atoms with Crippen molar-refractivity contribution in [3.8, 4) is 11.3 Å². The van der Waals surface area contributed by atoms with Gasteiger partial charge in [-0.15, -0.1) is 0 Å². The van der Waals surface area contributed by atoms with Gasteiger partial charge in [0.15, 0.2) is 0 Å². The number of pyridine rings is 2. The number of halogens is 1. The quantitative estimate of drug-likeness (QED) is 0.545. The van der Waals surface area contributed by atoms with Gasteiger partial charge in [-0.1, -0.05) is 30.3 Å². The average molecular weight is 387 g/mol. The second-order valence-corrected chi connectivity index (χ2v) is 6.59. The highest BCUT2D eigenvalue weighted by molar-refractivity contribution is 6.07. The molecule has 29 heavy (non-hydrogen) atoms. The molecule has 1 amide bonds. The topological polar surface area (TPSA) is 75.1 Å². The molecule has 0 saturated carbocycles. The van der Waals surface area contributed by atoms with E-state index in [0.717, 1.165) is 5.56 Å². The molecule has 0 bridgehead atoms. The number of benzene rings is 2. The van der Waals surface area contributed by atoms with Crippen LogP contribution >= 0.6 is 0 Å². The molecule has 0 fully saturated rings. The molecule has 1 atom stereocenters. The molecule has 0 saturated heterocycles. The number of aromatic nitrogens is 2. The van der Waals surface area contributed by atoms with E-state index in [2.05, 4.69) is 15.3 Å². The highest BCUT2D eigenvalue weighted by Gasteiger charge is 2.16. The number of aliphatic hydroxyl groups is 1. The summed E-state index contributed by atoms with van der Waals surface area (Å²) in [5, 5.41) is 13.8. The summed E-state index contributed by atoms with van der Waals surface area (Å²) >= 11 is 0. The Kier molecular flexibility index (Phi) is 5.27. The lowest BCUT2D eigenvalue weighted by atomic mass is 10.0. The molecule has 1 unspecified atom stereocenters. The van der Waals surface area contributed by atoms with Gasteiger partial charge in [-0.25, -0.2) is 9.37 Å².